The van der Waals surface area contributed by atoms with E-state index in [2.05, 4.69) is 26.2 Å². The lowest BCUT2D eigenvalue weighted by Gasteiger charge is -2.38. The number of ether oxygens (including phenoxy) is 5. The molecular weight excluding hydrogens is 462 g/mol. The Kier molecular flexibility index (Phi) is 13.2. The average molecular weight is 510 g/mol. The van der Waals surface area contributed by atoms with Gasteiger partial charge in [0.25, 0.3) is 6.48 Å². The summed E-state index contributed by atoms with van der Waals surface area (Å²) < 4.78 is 29.2. The van der Waals surface area contributed by atoms with Crippen molar-refractivity contribution in [3.63, 3.8) is 0 Å². The lowest BCUT2D eigenvalue weighted by atomic mass is 10.0. The molecule has 0 aliphatic rings. The van der Waals surface area contributed by atoms with Gasteiger partial charge < -0.3 is 28.6 Å². The molecule has 0 heterocycles. The van der Waals surface area contributed by atoms with Crippen LogP contribution < -0.4 is 0 Å². The van der Waals surface area contributed by atoms with Gasteiger partial charge in [-0.25, -0.2) is 4.79 Å². The molecule has 200 valence electrons. The topological polar surface area (TPSA) is 66.5 Å². The predicted octanol–water partition coefficient (Wildman–Crippen LogP) is 6.07. The number of nitrogens with zero attached hydrogens (tertiary/aromatic N) is 1. The van der Waals surface area contributed by atoms with Crippen molar-refractivity contribution in [1.82, 2.24) is 4.90 Å². The summed E-state index contributed by atoms with van der Waals surface area (Å²) in [6, 6.07) is 10.6. The van der Waals surface area contributed by atoms with Crippen LogP contribution in [0.1, 0.15) is 40.2 Å². The van der Waals surface area contributed by atoms with Crippen LogP contribution >= 0.6 is 0 Å². The normalized spacial score (nSPS) is 14.8. The van der Waals surface area contributed by atoms with E-state index in [0.717, 1.165) is 17.2 Å². The van der Waals surface area contributed by atoms with Gasteiger partial charge in [0.2, 0.25) is 0 Å². The van der Waals surface area contributed by atoms with Gasteiger partial charge in [0.15, 0.2) is 6.10 Å². The van der Waals surface area contributed by atoms with Crippen LogP contribution in [0.15, 0.2) is 42.5 Å². The Morgan fingerprint density at radius 2 is 1.51 bits per heavy atom. The number of carbonyl (C=O) groups is 1. The van der Waals surface area contributed by atoms with Crippen LogP contribution in [0.4, 0.5) is 4.79 Å². The summed E-state index contributed by atoms with van der Waals surface area (Å²) in [4.78, 5) is 15.1. The third kappa shape index (κ3) is 10.8. The average Bonchev–Trinajstić information content (AvgIpc) is 2.76. The van der Waals surface area contributed by atoms with E-state index in [1.54, 1.807) is 4.90 Å². The molecule has 35 heavy (non-hydrogen) atoms. The van der Waals surface area contributed by atoms with Crippen LogP contribution in [0.2, 0.25) is 25.7 Å². The molecule has 0 aliphatic carbocycles. The van der Waals surface area contributed by atoms with Crippen LogP contribution in [0.3, 0.4) is 0 Å². The fourth-order valence-corrected chi connectivity index (χ4v) is 5.58. The molecule has 3 atom stereocenters. The van der Waals surface area contributed by atoms with E-state index < -0.39 is 39.0 Å². The third-order valence-electron chi connectivity index (χ3n) is 5.48. The van der Waals surface area contributed by atoms with Crippen molar-refractivity contribution in [3.05, 3.63) is 48.0 Å². The number of hydrogen-bond acceptors (Lipinski definition) is 6. The van der Waals surface area contributed by atoms with E-state index >= 15 is 0 Å². The molecule has 0 aromatic heterocycles. The monoisotopic (exact) mass is 509 g/mol. The molecule has 1 rings (SSSR count). The number of hydrogen-bond donors (Lipinski definition) is 0. The molecular formula is C27H47NO6Si. The van der Waals surface area contributed by atoms with Gasteiger partial charge >= 0.3 is 6.09 Å². The van der Waals surface area contributed by atoms with Gasteiger partial charge in [0.1, 0.15) is 6.10 Å². The van der Waals surface area contributed by atoms with Gasteiger partial charge in [-0.2, -0.15) is 0 Å². The fraction of sp³-hybridized carbons (Fsp3) is 0.667. The molecule has 0 fully saturated rings. The summed E-state index contributed by atoms with van der Waals surface area (Å²) in [6.07, 6.45) is -2.30. The maximum atomic E-state index is 13.4. The molecule has 0 unspecified atom stereocenters. The summed E-state index contributed by atoms with van der Waals surface area (Å²) in [5.74, 6) is 0. The Hall–Kier alpha value is -1.71. The number of methoxy groups -OCH3 is 2. The number of carbonyl (C=O) groups excluding carboxylic acids is 1. The fourth-order valence-electron chi connectivity index (χ4n) is 4.01. The van der Waals surface area contributed by atoms with Crippen molar-refractivity contribution < 1.29 is 28.5 Å². The Labute approximate surface area is 213 Å². The first-order valence-electron chi connectivity index (χ1n) is 12.3. The van der Waals surface area contributed by atoms with Gasteiger partial charge in [0.05, 0.1) is 12.7 Å². The standard InChI is InChI=1S/C27H47NO6Si/c1-19(2)28(20(3)4)26(29)33-24(21(5)18-35(9,10)11)25(34-27(30-7)31-8)22(6)32-17-23-15-13-12-14-16-23/h12-16,19-20,22,24-25,27H,5,17-18H2,1-4,6-11H3/t22-,24-,25+/m0/s1. The second-order valence-electron chi connectivity index (χ2n) is 10.7. The molecule has 0 saturated carbocycles. The highest BCUT2D eigenvalue weighted by Crippen LogP contribution is 2.28. The highest BCUT2D eigenvalue weighted by Gasteiger charge is 2.38. The molecule has 8 heteroatoms. The zero-order valence-electron chi connectivity index (χ0n) is 23.4. The van der Waals surface area contributed by atoms with Crippen molar-refractivity contribution in [2.75, 3.05) is 14.2 Å². The SMILES string of the molecule is C=C(C[Si](C)(C)C)[C@H](OC(=O)N(C(C)C)C(C)C)[C@H](OC(OC)OC)[C@H](C)OCc1ccccc1. The quantitative estimate of drug-likeness (QED) is 0.162. The third-order valence-corrected chi connectivity index (χ3v) is 7.00. The van der Waals surface area contributed by atoms with Crippen molar-refractivity contribution in [1.29, 1.82) is 0 Å². The minimum absolute atomic E-state index is 0.0229. The van der Waals surface area contributed by atoms with Gasteiger partial charge in [0, 0.05) is 34.4 Å². The molecule has 0 N–H and O–H groups in total. The second kappa shape index (κ2) is 14.8. The maximum Gasteiger partial charge on any atom is 0.410 e. The molecule has 1 aromatic carbocycles. The Bertz CT molecular complexity index is 753. The number of benzene rings is 1. The van der Waals surface area contributed by atoms with E-state index in [-0.39, 0.29) is 12.1 Å². The van der Waals surface area contributed by atoms with E-state index in [1.807, 2.05) is 65.0 Å². The summed E-state index contributed by atoms with van der Waals surface area (Å²) in [5, 5.41) is 0. The summed E-state index contributed by atoms with van der Waals surface area (Å²) in [7, 11) is 1.42. The Balaban J connectivity index is 3.32. The predicted molar refractivity (Wildman–Crippen MR) is 143 cm³/mol. The van der Waals surface area contributed by atoms with Crippen molar-refractivity contribution in [2.24, 2.45) is 0 Å². The highest BCUT2D eigenvalue weighted by atomic mass is 28.3. The van der Waals surface area contributed by atoms with Crippen LogP contribution in [0, 0.1) is 0 Å². The molecule has 0 spiro atoms. The first kappa shape index (κ1) is 31.3. The molecule has 1 aromatic rings. The largest absolute Gasteiger partial charge is 0.439 e. The number of rotatable bonds is 15. The zero-order chi connectivity index (χ0) is 26.8. The molecule has 0 radical (unpaired) electrons. The smallest absolute Gasteiger partial charge is 0.410 e. The minimum Gasteiger partial charge on any atom is -0.439 e. The number of amides is 1. The lowest BCUT2D eigenvalue weighted by Crippen LogP contribution is -2.50. The van der Waals surface area contributed by atoms with Crippen LogP contribution in [0.5, 0.6) is 0 Å². The van der Waals surface area contributed by atoms with Crippen molar-refractivity contribution in [2.45, 2.75) is 104 Å². The van der Waals surface area contributed by atoms with Gasteiger partial charge in [-0.15, -0.1) is 0 Å². The molecule has 0 aliphatic heterocycles. The lowest BCUT2D eigenvalue weighted by molar-refractivity contribution is -0.305. The first-order valence-corrected chi connectivity index (χ1v) is 16.0. The Morgan fingerprint density at radius 3 is 1.97 bits per heavy atom. The van der Waals surface area contributed by atoms with Crippen LogP contribution in [0.25, 0.3) is 0 Å². The summed E-state index contributed by atoms with van der Waals surface area (Å²) >= 11 is 0. The summed E-state index contributed by atoms with van der Waals surface area (Å²) in [5.41, 5.74) is 1.84. The molecule has 0 saturated heterocycles. The van der Waals surface area contributed by atoms with Gasteiger partial charge in [-0.3, -0.25) is 0 Å². The van der Waals surface area contributed by atoms with E-state index in [9.17, 15) is 4.79 Å². The van der Waals surface area contributed by atoms with Gasteiger partial charge in [-0.1, -0.05) is 56.6 Å². The van der Waals surface area contributed by atoms with Crippen molar-refractivity contribution in [3.8, 4) is 0 Å². The van der Waals surface area contributed by atoms with E-state index in [4.69, 9.17) is 23.7 Å². The summed E-state index contributed by atoms with van der Waals surface area (Å²) in [6.45, 7) is 20.3. The maximum absolute atomic E-state index is 13.4. The minimum atomic E-state index is -1.58. The zero-order valence-corrected chi connectivity index (χ0v) is 24.4. The molecule has 7 nitrogen and oxygen atoms in total. The second-order valence-corrected chi connectivity index (χ2v) is 16.1. The van der Waals surface area contributed by atoms with Crippen molar-refractivity contribution >= 4 is 14.2 Å². The first-order chi connectivity index (χ1) is 16.3. The Morgan fingerprint density at radius 1 is 0.971 bits per heavy atom. The molecule has 1 amide bonds. The highest BCUT2D eigenvalue weighted by molar-refractivity contribution is 6.76. The van der Waals surface area contributed by atoms with Gasteiger partial charge in [-0.05, 0) is 51.8 Å². The van der Waals surface area contributed by atoms with E-state index in [0.29, 0.717) is 6.61 Å². The molecule has 0 bridgehead atoms. The van der Waals surface area contributed by atoms with Crippen LogP contribution in [-0.4, -0.2) is 70.2 Å². The van der Waals surface area contributed by atoms with E-state index in [1.165, 1.54) is 14.2 Å². The van der Waals surface area contributed by atoms with Crippen LogP contribution in [-0.2, 0) is 30.3 Å².